The third kappa shape index (κ3) is 2.47. The highest BCUT2D eigenvalue weighted by Gasteiger charge is 2.02. The van der Waals surface area contributed by atoms with E-state index in [1.807, 2.05) is 30.3 Å². The smallest absolute Gasteiger partial charge is 0.147 e. The average Bonchev–Trinajstić information content (AvgIpc) is 2.05. The van der Waals surface area contributed by atoms with Gasteiger partial charge in [0.05, 0.1) is 21.8 Å². The van der Waals surface area contributed by atoms with Crippen molar-refractivity contribution in [2.45, 2.75) is 0 Å². The molecule has 1 rings (SSSR count). The maximum absolute atomic E-state index is 4.84. The molecule has 1 nitrogen and oxygen atoms in total. The fourth-order valence-electron chi connectivity index (χ4n) is 0.669. The van der Waals surface area contributed by atoms with E-state index in [4.69, 9.17) is 12.2 Å². The zero-order valence-electron chi connectivity index (χ0n) is 5.57. The van der Waals surface area contributed by atoms with Gasteiger partial charge >= 0.3 is 0 Å². The van der Waals surface area contributed by atoms with Crippen LogP contribution in [0.15, 0.2) is 30.3 Å². The Morgan fingerprint density at radius 3 is 2.36 bits per heavy atom. The topological polar surface area (TPSA) is 3.24 Å². The molecule has 4 heteroatoms. The quantitative estimate of drug-likeness (QED) is 0.462. The molecule has 11 heavy (non-hydrogen) atoms. The molecule has 0 fully saturated rings. The molecule has 0 bridgehead atoms. The summed E-state index contributed by atoms with van der Waals surface area (Å²) in [5, 5.41) is 0. The Morgan fingerprint density at radius 2 is 1.91 bits per heavy atom. The summed E-state index contributed by atoms with van der Waals surface area (Å²) < 4.78 is 2.15. The lowest BCUT2D eigenvalue weighted by molar-refractivity contribution is 1.59. The Morgan fingerprint density at radius 1 is 1.36 bits per heavy atom. The summed E-state index contributed by atoms with van der Waals surface area (Å²) in [6.45, 7) is 0. The molecular formula is C7H6BrNS2. The summed E-state index contributed by atoms with van der Waals surface area (Å²) in [6, 6.07) is 9.71. The summed E-state index contributed by atoms with van der Waals surface area (Å²) in [4.78, 5) is 0. The van der Waals surface area contributed by atoms with Crippen LogP contribution in [0.2, 0.25) is 0 Å². The molecule has 0 N–H and O–H groups in total. The van der Waals surface area contributed by atoms with Crippen molar-refractivity contribution < 1.29 is 0 Å². The van der Waals surface area contributed by atoms with Crippen molar-refractivity contribution in [3.63, 3.8) is 0 Å². The second-order valence-corrected chi connectivity index (χ2v) is 3.72. The monoisotopic (exact) mass is 247 g/mol. The van der Waals surface area contributed by atoms with Crippen LogP contribution in [0, 0.1) is 0 Å². The number of hydrogen-bond donors (Lipinski definition) is 1. The number of thiocarbonyl (C=S) groups is 1. The van der Waals surface area contributed by atoms with Crippen LogP contribution in [0.3, 0.4) is 0 Å². The van der Waals surface area contributed by atoms with E-state index in [-0.39, 0.29) is 0 Å². The molecule has 0 amide bonds. The molecule has 0 heterocycles. The number of benzene rings is 1. The van der Waals surface area contributed by atoms with Crippen LogP contribution < -0.4 is 3.93 Å². The lowest BCUT2D eigenvalue weighted by Gasteiger charge is -2.12. The van der Waals surface area contributed by atoms with E-state index in [1.165, 1.54) is 0 Å². The van der Waals surface area contributed by atoms with Gasteiger partial charge in [0.25, 0.3) is 0 Å². The highest BCUT2D eigenvalue weighted by Crippen LogP contribution is 2.18. The van der Waals surface area contributed by atoms with Gasteiger partial charge in [0.15, 0.2) is 0 Å². The molecule has 0 saturated carbocycles. The van der Waals surface area contributed by atoms with Crippen molar-refractivity contribution in [2.24, 2.45) is 0 Å². The zero-order chi connectivity index (χ0) is 8.27. The zero-order valence-corrected chi connectivity index (χ0v) is 8.86. The lowest BCUT2D eigenvalue weighted by Crippen LogP contribution is -2.10. The van der Waals surface area contributed by atoms with Crippen LogP contribution in [0.1, 0.15) is 0 Å². The van der Waals surface area contributed by atoms with E-state index in [0.29, 0.717) is 4.32 Å². The molecule has 0 aliphatic rings. The molecule has 0 aliphatic carbocycles. The van der Waals surface area contributed by atoms with Crippen LogP contribution in [0.4, 0.5) is 5.69 Å². The van der Waals surface area contributed by atoms with E-state index in [9.17, 15) is 0 Å². The van der Waals surface area contributed by atoms with Crippen molar-refractivity contribution in [1.82, 2.24) is 0 Å². The first-order valence-corrected chi connectivity index (χ1v) is 4.52. The summed E-state index contributed by atoms with van der Waals surface area (Å²) in [6.07, 6.45) is 0. The van der Waals surface area contributed by atoms with Crippen molar-refractivity contribution in [3.05, 3.63) is 30.3 Å². The minimum absolute atomic E-state index is 0.496. The fraction of sp³-hybridized carbons (Fsp3) is 0. The van der Waals surface area contributed by atoms with E-state index >= 15 is 0 Å². The van der Waals surface area contributed by atoms with E-state index in [0.717, 1.165) is 5.69 Å². The average molecular weight is 248 g/mol. The lowest BCUT2D eigenvalue weighted by atomic mass is 10.3. The SMILES string of the molecule is S=C(S)N(Br)c1ccccc1. The number of rotatable bonds is 1. The number of hydrogen-bond acceptors (Lipinski definition) is 1. The molecule has 0 unspecified atom stereocenters. The van der Waals surface area contributed by atoms with E-state index in [1.54, 1.807) is 3.93 Å². The van der Waals surface area contributed by atoms with Gasteiger partial charge in [-0.25, -0.2) is 0 Å². The number of anilines is 1. The predicted octanol–water partition coefficient (Wildman–Crippen LogP) is 3.02. The fourth-order valence-corrected chi connectivity index (χ4v) is 1.13. The second kappa shape index (κ2) is 4.09. The van der Waals surface area contributed by atoms with Gasteiger partial charge in [0, 0.05) is 0 Å². The Kier molecular flexibility index (Phi) is 3.36. The molecule has 0 radical (unpaired) electrons. The number of nitrogens with zero attached hydrogens (tertiary/aromatic N) is 1. The van der Waals surface area contributed by atoms with Gasteiger partial charge in [-0.3, -0.25) is 3.93 Å². The van der Waals surface area contributed by atoms with Gasteiger partial charge in [-0.05, 0) is 12.1 Å². The summed E-state index contributed by atoms with van der Waals surface area (Å²) in [7, 11) is 0. The van der Waals surface area contributed by atoms with Gasteiger partial charge in [0.1, 0.15) is 4.32 Å². The van der Waals surface area contributed by atoms with Crippen LogP contribution in [0.25, 0.3) is 0 Å². The van der Waals surface area contributed by atoms with Gasteiger partial charge in [-0.1, -0.05) is 30.4 Å². The van der Waals surface area contributed by atoms with Crippen LogP contribution in [-0.2, 0) is 0 Å². The van der Waals surface area contributed by atoms with Crippen molar-refractivity contribution in [3.8, 4) is 0 Å². The molecule has 0 aromatic heterocycles. The Balaban J connectivity index is 2.85. The number of halogens is 1. The molecule has 0 spiro atoms. The first kappa shape index (κ1) is 9.03. The van der Waals surface area contributed by atoms with Crippen molar-refractivity contribution in [2.75, 3.05) is 3.93 Å². The number of para-hydroxylation sites is 1. The normalized spacial score (nSPS) is 9.27. The van der Waals surface area contributed by atoms with Gasteiger partial charge in [-0.2, -0.15) is 0 Å². The minimum Gasteiger partial charge on any atom is -0.262 e. The first-order chi connectivity index (χ1) is 5.22. The standard InChI is InChI=1S/C7H6BrNS2/c8-9(7(10)11)6-4-2-1-3-5-6/h1-5H,(H,10,11). The third-order valence-corrected chi connectivity index (χ3v) is 2.81. The van der Waals surface area contributed by atoms with Crippen LogP contribution in [0.5, 0.6) is 0 Å². The van der Waals surface area contributed by atoms with Crippen LogP contribution >= 0.6 is 41.0 Å². The van der Waals surface area contributed by atoms with Crippen molar-refractivity contribution >= 4 is 51.0 Å². The molecule has 1 aromatic rings. The Bertz CT molecular complexity index is 250. The first-order valence-electron chi connectivity index (χ1n) is 2.95. The van der Waals surface area contributed by atoms with Crippen molar-refractivity contribution in [1.29, 1.82) is 0 Å². The van der Waals surface area contributed by atoms with Crippen LogP contribution in [-0.4, -0.2) is 4.32 Å². The molecule has 0 atom stereocenters. The van der Waals surface area contributed by atoms with E-state index < -0.39 is 0 Å². The largest absolute Gasteiger partial charge is 0.262 e. The third-order valence-electron chi connectivity index (χ3n) is 1.15. The summed E-state index contributed by atoms with van der Waals surface area (Å²) >= 11 is 12.1. The van der Waals surface area contributed by atoms with Gasteiger partial charge in [-0.15, -0.1) is 12.6 Å². The van der Waals surface area contributed by atoms with E-state index in [2.05, 4.69) is 28.8 Å². The summed E-state index contributed by atoms with van der Waals surface area (Å²) in [5.74, 6) is 0. The predicted molar refractivity (Wildman–Crippen MR) is 59.4 cm³/mol. The molecule has 1 aromatic carbocycles. The maximum atomic E-state index is 4.84. The summed E-state index contributed by atoms with van der Waals surface area (Å²) in [5.41, 5.74) is 0.979. The molecule has 0 aliphatic heterocycles. The highest BCUT2D eigenvalue weighted by atomic mass is 79.9. The maximum Gasteiger partial charge on any atom is 0.147 e. The van der Waals surface area contributed by atoms with Gasteiger partial charge < -0.3 is 0 Å². The highest BCUT2D eigenvalue weighted by molar-refractivity contribution is 9.10. The van der Waals surface area contributed by atoms with Gasteiger partial charge in [0.2, 0.25) is 0 Å². The molecular weight excluding hydrogens is 242 g/mol. The Labute approximate surface area is 85.1 Å². The Hall–Kier alpha value is -0.0600. The minimum atomic E-state index is 0.496. The number of thiol groups is 1. The second-order valence-electron chi connectivity index (χ2n) is 1.90. The molecule has 58 valence electrons. The molecule has 0 saturated heterocycles.